The summed E-state index contributed by atoms with van der Waals surface area (Å²) in [5.74, 6) is -0.341. The molecule has 0 bridgehead atoms. The molecule has 0 N–H and O–H groups in total. The van der Waals surface area contributed by atoms with Crippen LogP contribution in [0.1, 0.15) is 17.4 Å². The summed E-state index contributed by atoms with van der Waals surface area (Å²) in [5.41, 5.74) is 1.35. The Morgan fingerprint density at radius 2 is 2.31 bits per heavy atom. The molecule has 84 valence electrons. The number of nitrogens with zero attached hydrogens (tertiary/aromatic N) is 2. The van der Waals surface area contributed by atoms with Gasteiger partial charge in [-0.25, -0.2) is 4.79 Å². The summed E-state index contributed by atoms with van der Waals surface area (Å²) in [6.45, 7) is 2.60. The van der Waals surface area contributed by atoms with E-state index in [0.717, 1.165) is 14.5 Å². The van der Waals surface area contributed by atoms with Gasteiger partial charge in [0.1, 0.15) is 0 Å². The van der Waals surface area contributed by atoms with Crippen LogP contribution in [0, 0.1) is 3.57 Å². The summed E-state index contributed by atoms with van der Waals surface area (Å²) in [4.78, 5) is 11.7. The Bertz CT molecular complexity index is 548. The molecule has 0 radical (unpaired) electrons. The summed E-state index contributed by atoms with van der Waals surface area (Å²) in [7, 11) is 1.38. The lowest BCUT2D eigenvalue weighted by Gasteiger charge is -2.02. The molecule has 1 aromatic carbocycles. The van der Waals surface area contributed by atoms with Crippen molar-refractivity contribution in [3.05, 3.63) is 27.5 Å². The number of carbonyl (C=O) groups is 1. The van der Waals surface area contributed by atoms with Gasteiger partial charge >= 0.3 is 5.97 Å². The number of aromatic nitrogens is 2. The molecular formula is C11H11IN2O2. The van der Waals surface area contributed by atoms with Crippen molar-refractivity contribution in [1.29, 1.82) is 0 Å². The minimum Gasteiger partial charge on any atom is -0.464 e. The van der Waals surface area contributed by atoms with E-state index < -0.39 is 0 Å². The maximum absolute atomic E-state index is 11.7. The van der Waals surface area contributed by atoms with Gasteiger partial charge in [-0.3, -0.25) is 4.68 Å². The molecule has 16 heavy (non-hydrogen) atoms. The maximum atomic E-state index is 11.7. The highest BCUT2D eigenvalue weighted by molar-refractivity contribution is 14.1. The summed E-state index contributed by atoms with van der Waals surface area (Å²) in [5, 5.41) is 5.20. The van der Waals surface area contributed by atoms with Crippen molar-refractivity contribution in [2.45, 2.75) is 13.5 Å². The lowest BCUT2D eigenvalue weighted by Crippen LogP contribution is -2.10. The summed E-state index contributed by atoms with van der Waals surface area (Å²) in [6.07, 6.45) is 0. The lowest BCUT2D eigenvalue weighted by molar-refractivity contribution is 0.0589. The van der Waals surface area contributed by atoms with E-state index in [-0.39, 0.29) is 5.97 Å². The molecule has 2 rings (SSSR count). The predicted molar refractivity (Wildman–Crippen MR) is 69.5 cm³/mol. The molecule has 4 nitrogen and oxygen atoms in total. The van der Waals surface area contributed by atoms with Gasteiger partial charge in [-0.2, -0.15) is 5.10 Å². The second-order valence-electron chi connectivity index (χ2n) is 3.32. The van der Waals surface area contributed by atoms with Gasteiger partial charge in [-0.05, 0) is 47.7 Å². The highest BCUT2D eigenvalue weighted by Crippen LogP contribution is 2.21. The van der Waals surface area contributed by atoms with Crippen LogP contribution in [0.5, 0.6) is 0 Å². The number of ether oxygens (including phenoxy) is 1. The number of esters is 1. The average Bonchev–Trinajstić information content (AvgIpc) is 2.65. The quantitative estimate of drug-likeness (QED) is 0.628. The first-order valence-corrected chi connectivity index (χ1v) is 5.99. The molecule has 0 aliphatic heterocycles. The Morgan fingerprint density at radius 3 is 2.94 bits per heavy atom. The van der Waals surface area contributed by atoms with Crippen molar-refractivity contribution < 1.29 is 9.53 Å². The standard InChI is InChI=1S/C11H11IN2O2/c1-3-14-10(11(15)16-2)8-6-7(12)4-5-9(8)13-14/h4-6H,3H2,1-2H3. The van der Waals surface area contributed by atoms with Crippen LogP contribution in [0.3, 0.4) is 0 Å². The van der Waals surface area contributed by atoms with Crippen molar-refractivity contribution in [3.8, 4) is 0 Å². The van der Waals surface area contributed by atoms with Gasteiger partial charge in [0.15, 0.2) is 5.69 Å². The normalized spacial score (nSPS) is 10.7. The highest BCUT2D eigenvalue weighted by atomic mass is 127. The van der Waals surface area contributed by atoms with E-state index in [9.17, 15) is 4.79 Å². The number of aryl methyl sites for hydroxylation is 1. The van der Waals surface area contributed by atoms with E-state index in [0.29, 0.717) is 12.2 Å². The molecule has 2 aromatic rings. The molecule has 0 saturated heterocycles. The zero-order valence-electron chi connectivity index (χ0n) is 9.03. The third-order valence-electron chi connectivity index (χ3n) is 2.38. The number of methoxy groups -OCH3 is 1. The van der Waals surface area contributed by atoms with Crippen LogP contribution in [0.2, 0.25) is 0 Å². The van der Waals surface area contributed by atoms with Crippen molar-refractivity contribution >= 4 is 39.5 Å². The second kappa shape index (κ2) is 4.40. The lowest BCUT2D eigenvalue weighted by atomic mass is 10.2. The predicted octanol–water partition coefficient (Wildman–Crippen LogP) is 2.45. The zero-order chi connectivity index (χ0) is 11.7. The van der Waals surface area contributed by atoms with Crippen molar-refractivity contribution in [1.82, 2.24) is 9.78 Å². The molecule has 0 saturated carbocycles. The Balaban J connectivity index is 2.75. The van der Waals surface area contributed by atoms with Crippen LogP contribution in [0.4, 0.5) is 0 Å². The first kappa shape index (κ1) is 11.4. The smallest absolute Gasteiger partial charge is 0.356 e. The molecule has 0 amide bonds. The summed E-state index contributed by atoms with van der Waals surface area (Å²) >= 11 is 2.21. The average molecular weight is 330 g/mol. The molecule has 1 heterocycles. The first-order valence-electron chi connectivity index (χ1n) is 4.91. The first-order chi connectivity index (χ1) is 7.67. The van der Waals surface area contributed by atoms with Gasteiger partial charge < -0.3 is 4.74 Å². The third kappa shape index (κ3) is 1.79. The third-order valence-corrected chi connectivity index (χ3v) is 3.05. The molecule has 0 spiro atoms. The van der Waals surface area contributed by atoms with Gasteiger partial charge in [-0.15, -0.1) is 0 Å². The Morgan fingerprint density at radius 1 is 1.56 bits per heavy atom. The van der Waals surface area contributed by atoms with E-state index in [2.05, 4.69) is 27.7 Å². The Labute approximate surface area is 107 Å². The number of rotatable bonds is 2. The fraction of sp³-hybridized carbons (Fsp3) is 0.273. The highest BCUT2D eigenvalue weighted by Gasteiger charge is 2.18. The van der Waals surface area contributed by atoms with Crippen LogP contribution in [-0.2, 0) is 11.3 Å². The van der Waals surface area contributed by atoms with Crippen LogP contribution in [0.15, 0.2) is 18.2 Å². The van der Waals surface area contributed by atoms with Crippen molar-refractivity contribution in [3.63, 3.8) is 0 Å². The molecule has 0 aliphatic rings. The van der Waals surface area contributed by atoms with Crippen LogP contribution in [-0.4, -0.2) is 22.9 Å². The topological polar surface area (TPSA) is 44.1 Å². The van der Waals surface area contributed by atoms with E-state index in [1.807, 2.05) is 25.1 Å². The number of fused-ring (bicyclic) bond motifs is 1. The van der Waals surface area contributed by atoms with Gasteiger partial charge in [0, 0.05) is 15.5 Å². The molecule has 0 aliphatic carbocycles. The largest absolute Gasteiger partial charge is 0.464 e. The summed E-state index contributed by atoms with van der Waals surface area (Å²) < 4.78 is 7.53. The summed E-state index contributed by atoms with van der Waals surface area (Å²) in [6, 6.07) is 5.83. The van der Waals surface area contributed by atoms with Gasteiger partial charge in [-0.1, -0.05) is 0 Å². The van der Waals surface area contributed by atoms with E-state index in [1.165, 1.54) is 7.11 Å². The van der Waals surface area contributed by atoms with Gasteiger partial charge in [0.2, 0.25) is 0 Å². The number of carbonyl (C=O) groups excluding carboxylic acids is 1. The zero-order valence-corrected chi connectivity index (χ0v) is 11.2. The minimum atomic E-state index is -0.341. The SMILES string of the molecule is CCn1nc2ccc(I)cc2c1C(=O)OC. The van der Waals surface area contributed by atoms with Crippen LogP contribution in [0.25, 0.3) is 10.9 Å². The number of halogens is 1. The fourth-order valence-corrected chi connectivity index (χ4v) is 2.14. The molecule has 0 fully saturated rings. The minimum absolute atomic E-state index is 0.341. The van der Waals surface area contributed by atoms with E-state index >= 15 is 0 Å². The number of benzene rings is 1. The molecule has 1 aromatic heterocycles. The second-order valence-corrected chi connectivity index (χ2v) is 4.56. The Kier molecular flexibility index (Phi) is 3.13. The monoisotopic (exact) mass is 330 g/mol. The van der Waals surface area contributed by atoms with Crippen LogP contribution < -0.4 is 0 Å². The molecular weight excluding hydrogens is 319 g/mol. The van der Waals surface area contributed by atoms with E-state index in [4.69, 9.17) is 4.74 Å². The number of hydrogen-bond acceptors (Lipinski definition) is 3. The van der Waals surface area contributed by atoms with E-state index in [1.54, 1.807) is 4.68 Å². The molecule has 5 heteroatoms. The molecule has 0 atom stereocenters. The number of hydrogen-bond donors (Lipinski definition) is 0. The van der Waals surface area contributed by atoms with Gasteiger partial charge in [0.05, 0.1) is 12.6 Å². The van der Waals surface area contributed by atoms with Crippen LogP contribution >= 0.6 is 22.6 Å². The maximum Gasteiger partial charge on any atom is 0.356 e. The Hall–Kier alpha value is -1.11. The molecule has 0 unspecified atom stereocenters. The fourth-order valence-electron chi connectivity index (χ4n) is 1.65. The van der Waals surface area contributed by atoms with Gasteiger partial charge in [0.25, 0.3) is 0 Å². The van der Waals surface area contributed by atoms with Crippen molar-refractivity contribution in [2.24, 2.45) is 0 Å². The van der Waals surface area contributed by atoms with Crippen molar-refractivity contribution in [2.75, 3.05) is 7.11 Å².